The van der Waals surface area contributed by atoms with Crippen LogP contribution in [0.1, 0.15) is 71.1 Å². The molecule has 1 nitrogen and oxygen atoms in total. The van der Waals surface area contributed by atoms with Crippen LogP contribution in [0.5, 0.6) is 0 Å². The zero-order valence-corrected chi connectivity index (χ0v) is 15.9. The summed E-state index contributed by atoms with van der Waals surface area (Å²) in [6.07, 6.45) is 17.8. The minimum absolute atomic E-state index is 0.395. The molecule has 0 spiro atoms. The first-order chi connectivity index (χ1) is 10.8. The fourth-order valence-corrected chi connectivity index (χ4v) is 9.27. The third kappa shape index (κ3) is 4.42. The van der Waals surface area contributed by atoms with Gasteiger partial charge in [0.05, 0.1) is 0 Å². The van der Waals surface area contributed by atoms with Crippen molar-refractivity contribution in [1.82, 2.24) is 0 Å². The smallest absolute Gasteiger partial charge is 0.133 e. The lowest BCUT2D eigenvalue weighted by Crippen LogP contribution is -2.28. The standard InChI is InChI=1S/C19H32NPS/c1-15-10-12-21(13-11-15)18-6-2-16(3-7-18)17-4-8-19(9-5-17)22-14-20/h15-19H,2-13H2,1H3. The molecular weight excluding hydrogens is 305 g/mol. The Labute approximate surface area is 142 Å². The molecule has 0 N–H and O–H groups in total. The first-order valence-electron chi connectivity index (χ1n) is 9.55. The maximum atomic E-state index is 8.82. The summed E-state index contributed by atoms with van der Waals surface area (Å²) in [5.41, 5.74) is 1.13. The van der Waals surface area contributed by atoms with Crippen LogP contribution in [0.4, 0.5) is 0 Å². The van der Waals surface area contributed by atoms with Gasteiger partial charge in [-0.3, -0.25) is 0 Å². The van der Waals surface area contributed by atoms with Crippen molar-refractivity contribution in [3.8, 4) is 5.40 Å². The topological polar surface area (TPSA) is 23.8 Å². The minimum Gasteiger partial charge on any atom is -0.185 e. The van der Waals surface area contributed by atoms with Crippen molar-refractivity contribution >= 4 is 19.7 Å². The largest absolute Gasteiger partial charge is 0.185 e. The molecule has 0 aromatic rings. The summed E-state index contributed by atoms with van der Waals surface area (Å²) in [7, 11) is 0.395. The van der Waals surface area contributed by atoms with E-state index in [4.69, 9.17) is 5.26 Å². The van der Waals surface area contributed by atoms with E-state index < -0.39 is 0 Å². The Balaban J connectivity index is 1.40. The van der Waals surface area contributed by atoms with Crippen LogP contribution < -0.4 is 0 Å². The number of hydrogen-bond donors (Lipinski definition) is 0. The summed E-state index contributed by atoms with van der Waals surface area (Å²) in [5.74, 6) is 3.04. The molecule has 124 valence electrons. The lowest BCUT2D eigenvalue weighted by Gasteiger charge is -2.41. The van der Waals surface area contributed by atoms with Crippen LogP contribution in [0.25, 0.3) is 0 Å². The minimum atomic E-state index is 0.395. The average molecular weight is 338 g/mol. The number of rotatable bonds is 3. The highest BCUT2D eigenvalue weighted by atomic mass is 32.2. The van der Waals surface area contributed by atoms with E-state index in [0.29, 0.717) is 13.2 Å². The maximum Gasteiger partial charge on any atom is 0.133 e. The van der Waals surface area contributed by atoms with Crippen LogP contribution in [0.3, 0.4) is 0 Å². The highest BCUT2D eigenvalue weighted by Gasteiger charge is 2.34. The molecule has 2 saturated carbocycles. The van der Waals surface area contributed by atoms with Gasteiger partial charge >= 0.3 is 0 Å². The van der Waals surface area contributed by atoms with E-state index in [0.717, 1.165) is 23.4 Å². The van der Waals surface area contributed by atoms with Crippen LogP contribution in [0.2, 0.25) is 0 Å². The zero-order chi connectivity index (χ0) is 15.4. The highest BCUT2D eigenvalue weighted by Crippen LogP contribution is 2.54. The Hall–Kier alpha value is 0.270. The van der Waals surface area contributed by atoms with Crippen molar-refractivity contribution in [2.75, 3.05) is 12.3 Å². The summed E-state index contributed by atoms with van der Waals surface area (Å²) in [6, 6.07) is 0. The first-order valence-corrected chi connectivity index (χ1v) is 12.2. The lowest BCUT2D eigenvalue weighted by molar-refractivity contribution is 0.200. The number of hydrogen-bond acceptors (Lipinski definition) is 2. The average Bonchev–Trinajstić information content (AvgIpc) is 2.57. The predicted molar refractivity (Wildman–Crippen MR) is 99.7 cm³/mol. The van der Waals surface area contributed by atoms with E-state index in [9.17, 15) is 0 Å². The molecule has 0 aromatic heterocycles. The molecule has 3 aliphatic rings. The maximum absolute atomic E-state index is 8.82. The second-order valence-electron chi connectivity index (χ2n) is 8.03. The lowest BCUT2D eigenvalue weighted by atomic mass is 9.73. The van der Waals surface area contributed by atoms with Crippen molar-refractivity contribution in [2.45, 2.75) is 82.0 Å². The van der Waals surface area contributed by atoms with Crippen molar-refractivity contribution in [3.63, 3.8) is 0 Å². The molecular formula is C19H32NPS. The molecule has 3 heteroatoms. The van der Waals surface area contributed by atoms with Gasteiger partial charge in [-0.2, -0.15) is 5.26 Å². The zero-order valence-electron chi connectivity index (χ0n) is 14.2. The molecule has 2 aliphatic carbocycles. The second kappa shape index (κ2) is 8.39. The van der Waals surface area contributed by atoms with Gasteiger partial charge in [-0.1, -0.05) is 6.92 Å². The molecule has 0 bridgehead atoms. The summed E-state index contributed by atoms with van der Waals surface area (Å²) in [5, 5.41) is 11.8. The van der Waals surface area contributed by atoms with Gasteiger partial charge in [0.25, 0.3) is 0 Å². The van der Waals surface area contributed by atoms with Crippen LogP contribution in [0.15, 0.2) is 0 Å². The summed E-state index contributed by atoms with van der Waals surface area (Å²) in [4.78, 5) is 0. The molecule has 0 atom stereocenters. The van der Waals surface area contributed by atoms with Gasteiger partial charge in [-0.15, -0.1) is 7.92 Å². The molecule has 1 aliphatic heterocycles. The molecule has 0 amide bonds. The van der Waals surface area contributed by atoms with Gasteiger partial charge in [0.1, 0.15) is 5.40 Å². The second-order valence-corrected chi connectivity index (χ2v) is 11.9. The van der Waals surface area contributed by atoms with Gasteiger partial charge in [-0.25, -0.2) is 0 Å². The fourth-order valence-electron chi connectivity index (χ4n) is 5.08. The van der Waals surface area contributed by atoms with Crippen LogP contribution >= 0.6 is 19.7 Å². The quantitative estimate of drug-likeness (QED) is 0.450. The fraction of sp³-hybridized carbons (Fsp3) is 0.947. The Bertz CT molecular complexity index is 369. The monoisotopic (exact) mass is 337 g/mol. The van der Waals surface area contributed by atoms with E-state index in [1.807, 2.05) is 0 Å². The van der Waals surface area contributed by atoms with Gasteiger partial charge in [0.15, 0.2) is 0 Å². The highest BCUT2D eigenvalue weighted by molar-refractivity contribution is 8.04. The summed E-state index contributed by atoms with van der Waals surface area (Å²) < 4.78 is 0. The molecule has 22 heavy (non-hydrogen) atoms. The number of thioether (sulfide) groups is 1. The Morgan fingerprint density at radius 1 is 0.818 bits per heavy atom. The predicted octanol–water partition coefficient (Wildman–Crippen LogP) is 6.23. The van der Waals surface area contributed by atoms with Gasteiger partial charge in [0.2, 0.25) is 0 Å². The molecule has 1 heterocycles. The van der Waals surface area contributed by atoms with Crippen molar-refractivity contribution in [1.29, 1.82) is 5.26 Å². The Morgan fingerprint density at radius 2 is 1.36 bits per heavy atom. The molecule has 0 aromatic carbocycles. The molecule has 3 fully saturated rings. The molecule has 0 radical (unpaired) electrons. The normalized spacial score (nSPS) is 43.5. The van der Waals surface area contributed by atoms with Gasteiger partial charge < -0.3 is 0 Å². The molecule has 0 unspecified atom stereocenters. The number of nitrogens with zero attached hydrogens (tertiary/aromatic N) is 1. The number of nitriles is 1. The molecule has 1 saturated heterocycles. The summed E-state index contributed by atoms with van der Waals surface area (Å²) in [6.45, 7) is 2.45. The van der Waals surface area contributed by atoms with E-state index >= 15 is 0 Å². The Morgan fingerprint density at radius 3 is 1.91 bits per heavy atom. The van der Waals surface area contributed by atoms with E-state index in [1.54, 1.807) is 25.2 Å². The van der Waals surface area contributed by atoms with Crippen molar-refractivity contribution in [2.24, 2.45) is 17.8 Å². The van der Waals surface area contributed by atoms with Gasteiger partial charge in [-0.05, 0) is 112 Å². The van der Waals surface area contributed by atoms with Crippen molar-refractivity contribution < 1.29 is 0 Å². The van der Waals surface area contributed by atoms with E-state index in [1.165, 1.54) is 63.1 Å². The van der Waals surface area contributed by atoms with Crippen LogP contribution in [-0.4, -0.2) is 23.2 Å². The summed E-state index contributed by atoms with van der Waals surface area (Å²) >= 11 is 1.53. The van der Waals surface area contributed by atoms with E-state index in [-0.39, 0.29) is 0 Å². The SMILES string of the molecule is CC1CCP(C2CCC(C3CCC(SC#N)CC3)CC2)CC1. The van der Waals surface area contributed by atoms with E-state index in [2.05, 4.69) is 12.3 Å². The van der Waals surface area contributed by atoms with Gasteiger partial charge in [0, 0.05) is 5.25 Å². The third-order valence-electron chi connectivity index (χ3n) is 6.68. The van der Waals surface area contributed by atoms with Crippen LogP contribution in [-0.2, 0) is 0 Å². The van der Waals surface area contributed by atoms with Crippen LogP contribution in [0, 0.1) is 28.4 Å². The number of thiocyanates is 1. The van der Waals surface area contributed by atoms with Crippen molar-refractivity contribution in [3.05, 3.63) is 0 Å². The first kappa shape index (κ1) is 17.1. The third-order valence-corrected chi connectivity index (χ3v) is 10.8. The Kier molecular flexibility index (Phi) is 6.52. The molecule has 3 rings (SSSR count).